The van der Waals surface area contributed by atoms with Gasteiger partial charge in [0.15, 0.2) is 0 Å². The smallest absolute Gasteiger partial charge is 0.328 e. The molecule has 0 N–H and O–H groups in total. The van der Waals surface area contributed by atoms with Gasteiger partial charge in [0, 0.05) is 124 Å². The minimum absolute atomic E-state index is 0.0381. The minimum atomic E-state index is 0.0381. The second-order valence-electron chi connectivity index (χ2n) is 34.3. The van der Waals surface area contributed by atoms with Gasteiger partial charge in [-0.2, -0.15) is 0 Å². The van der Waals surface area contributed by atoms with Crippen LogP contribution in [0, 0.1) is 0 Å². The van der Waals surface area contributed by atoms with Crippen LogP contribution in [0.5, 0.6) is 0 Å². The van der Waals surface area contributed by atoms with Crippen LogP contribution < -0.4 is 62.9 Å². The van der Waals surface area contributed by atoms with Crippen LogP contribution in [0.2, 0.25) is 0 Å². The first-order valence-electron chi connectivity index (χ1n) is 45.3. The molecule has 4 aromatic heterocycles. The van der Waals surface area contributed by atoms with Crippen molar-refractivity contribution >= 4 is 223 Å². The number of fused-ring (bicyclic) bond motifs is 24. The molecule has 6 nitrogen and oxygen atoms in total. The van der Waals surface area contributed by atoms with Gasteiger partial charge < -0.3 is 28.1 Å². The number of hydrogen-bond acceptors (Lipinski definition) is 8. The lowest BCUT2D eigenvalue weighted by Crippen LogP contribution is -2.57. The highest BCUT2D eigenvalue weighted by molar-refractivity contribution is 7.26. The number of hydrogen-bond donors (Lipinski definition) is 0. The average Bonchev–Trinajstić information content (AvgIpc) is 1.03. The van der Waals surface area contributed by atoms with Gasteiger partial charge in [-0.05, 0) is 183 Å². The number of furan rings is 2. The Hall–Kier alpha value is -16.1. The molecular weight excluding hydrogens is 1640 g/mol. The zero-order valence-corrected chi connectivity index (χ0v) is 73.6. The minimum Gasteiger partial charge on any atom is -0.456 e. The van der Waals surface area contributed by atoms with E-state index in [-0.39, 0.29) is 27.4 Å². The molecule has 0 aliphatic carbocycles. The van der Waals surface area contributed by atoms with Crippen molar-refractivity contribution in [1.29, 1.82) is 0 Å². The Morgan fingerprint density at radius 2 is 0.409 bits per heavy atom. The number of nitrogens with zero attached hydrogens (tertiary/aromatic N) is 4. The van der Waals surface area contributed by atoms with E-state index in [4.69, 9.17) is 8.83 Å². The third kappa shape index (κ3) is 13.5. The fourth-order valence-corrected chi connectivity index (χ4v) is 23.4. The molecule has 28 rings (SSSR count). The molecule has 0 fully saturated rings. The molecule has 0 unspecified atom stereocenters. The molecule has 20 aromatic carbocycles. The van der Waals surface area contributed by atoms with E-state index in [2.05, 4.69) is 480 Å². The van der Waals surface area contributed by atoms with Crippen molar-refractivity contribution < 1.29 is 8.83 Å². The van der Waals surface area contributed by atoms with Gasteiger partial charge in [0.2, 0.25) is 0 Å². The number of rotatable bonds is 8. The summed E-state index contributed by atoms with van der Waals surface area (Å²) in [6.07, 6.45) is 0. The van der Waals surface area contributed by atoms with E-state index >= 15 is 0 Å². The topological polar surface area (TPSA) is 39.2 Å². The van der Waals surface area contributed by atoms with Gasteiger partial charge in [-0.15, -0.1) is 22.7 Å². The highest BCUT2D eigenvalue weighted by Gasteiger charge is 2.43. The molecular formula is C120H80B4N4O2S2. The van der Waals surface area contributed by atoms with Gasteiger partial charge in [0.25, 0.3) is 0 Å². The van der Waals surface area contributed by atoms with Crippen LogP contribution in [0.3, 0.4) is 0 Å². The Bertz CT molecular complexity index is 7970. The molecule has 4 aliphatic rings. The molecule has 0 saturated carbocycles. The summed E-state index contributed by atoms with van der Waals surface area (Å²) < 4.78 is 18.0. The van der Waals surface area contributed by atoms with Crippen LogP contribution in [0.1, 0.15) is 0 Å². The molecule has 0 radical (unpaired) electrons. The van der Waals surface area contributed by atoms with Crippen LogP contribution in [-0.4, -0.2) is 27.4 Å². The molecule has 0 amide bonds. The summed E-state index contributed by atoms with van der Waals surface area (Å²) in [5.74, 6) is 0. The SMILES string of the molecule is c1ccc(B2c3cc4c(cc3-c3ccccc3N2c2ccccc2)oc2ccccc24)cc1.c1ccc(B2c3cc4c(cc3-c3ccccc3N2c2ccccc2)sc2ccccc24)cc1.c1ccc(B2c3cc4oc5ccccc5c4cc3-c3ccccc3N2c2ccccc2)cc1.c1ccc(B2c3cc4sc5ccccc5c4cc3-c3ccccc3N2c2ccccc2)cc1. The maximum Gasteiger partial charge on any atom is 0.328 e. The predicted molar refractivity (Wildman–Crippen MR) is 568 cm³/mol. The number of anilines is 8. The normalized spacial score (nSPS) is 12.7. The van der Waals surface area contributed by atoms with Gasteiger partial charge in [0.05, 0.1) is 0 Å². The monoisotopic (exact) mass is 1720 g/mol. The van der Waals surface area contributed by atoms with Crippen molar-refractivity contribution in [3.8, 4) is 44.5 Å². The first-order chi connectivity index (χ1) is 65.5. The van der Waals surface area contributed by atoms with Crippen LogP contribution in [0.25, 0.3) is 129 Å². The van der Waals surface area contributed by atoms with E-state index in [0.717, 1.165) is 38.5 Å². The van der Waals surface area contributed by atoms with Crippen LogP contribution in [0.4, 0.5) is 45.5 Å². The average molecular weight is 1720 g/mol. The summed E-state index contributed by atoms with van der Waals surface area (Å²) in [6, 6.07) is 175. The maximum absolute atomic E-state index is 6.31. The first kappa shape index (κ1) is 78.2. The van der Waals surface area contributed by atoms with E-state index in [1.54, 1.807) is 0 Å². The third-order valence-electron chi connectivity index (χ3n) is 26.8. The maximum atomic E-state index is 6.31. The highest BCUT2D eigenvalue weighted by atomic mass is 32.1. The van der Waals surface area contributed by atoms with Crippen molar-refractivity contribution in [2.45, 2.75) is 0 Å². The van der Waals surface area contributed by atoms with Crippen molar-refractivity contribution in [2.75, 3.05) is 19.2 Å². The van der Waals surface area contributed by atoms with E-state index in [1.807, 2.05) is 46.9 Å². The molecule has 24 aromatic rings. The largest absolute Gasteiger partial charge is 0.456 e. The highest BCUT2D eigenvalue weighted by Crippen LogP contribution is 2.49. The lowest BCUT2D eigenvalue weighted by atomic mass is 9.45. The summed E-state index contributed by atoms with van der Waals surface area (Å²) >= 11 is 3.78. The predicted octanol–water partition coefficient (Wildman–Crippen LogP) is 27.0. The van der Waals surface area contributed by atoms with Gasteiger partial charge in [-0.25, -0.2) is 0 Å². The van der Waals surface area contributed by atoms with Crippen molar-refractivity contribution in [3.63, 3.8) is 0 Å². The zero-order chi connectivity index (χ0) is 87.1. The van der Waals surface area contributed by atoms with Crippen molar-refractivity contribution in [2.24, 2.45) is 0 Å². The standard InChI is InChI=1S/2C30H20BNO.2C30H20BNS/c1-3-11-21(12-4-1)31-27-19-26-24-16-8-10-18-29(24)33-30(26)20-25(27)23-15-7-9-17-28(23)32(31)22-13-5-2-6-14-22;1-3-11-21(12-4-1)31-27-20-30-26(24-16-8-10-18-29(24)33-30)19-25(27)23-15-7-9-17-28(23)32(31)22-13-5-2-6-14-22;1-3-11-21(12-4-1)31-27-19-26-24-16-8-10-18-29(24)33-30(26)20-25(27)23-15-7-9-17-28(23)32(31)22-13-5-2-6-14-22;1-3-11-21(12-4-1)31-27-20-30-26(24-16-8-10-18-29(24)33-30)19-25(27)23-15-7-9-17-28(23)32(31)22-13-5-2-6-14-22/h4*1-20H. The van der Waals surface area contributed by atoms with Gasteiger partial charge >= 0.3 is 27.4 Å². The summed E-state index contributed by atoms with van der Waals surface area (Å²) in [5.41, 5.74) is 34.1. The number of benzene rings is 20. The molecule has 12 heteroatoms. The van der Waals surface area contributed by atoms with E-state index in [0.29, 0.717) is 0 Å². The molecule has 0 saturated heterocycles. The molecule has 616 valence electrons. The summed E-state index contributed by atoms with van der Waals surface area (Å²) in [7, 11) is 0. The van der Waals surface area contributed by atoms with E-state index in [9.17, 15) is 0 Å². The van der Waals surface area contributed by atoms with Crippen LogP contribution in [0.15, 0.2) is 494 Å². The molecule has 8 heterocycles. The Morgan fingerprint density at radius 3 is 0.788 bits per heavy atom. The molecule has 4 aliphatic heterocycles. The van der Waals surface area contributed by atoms with Gasteiger partial charge in [0.1, 0.15) is 22.3 Å². The molecule has 0 bridgehead atoms. The summed E-state index contributed by atoms with van der Waals surface area (Å²) in [4.78, 5) is 9.95. The van der Waals surface area contributed by atoms with Crippen LogP contribution >= 0.6 is 22.7 Å². The fraction of sp³-hybridized carbons (Fsp3) is 0. The molecule has 132 heavy (non-hydrogen) atoms. The first-order valence-corrected chi connectivity index (χ1v) is 46.9. The summed E-state index contributed by atoms with van der Waals surface area (Å²) in [5, 5.41) is 10.0. The Morgan fingerprint density at radius 1 is 0.159 bits per heavy atom. The zero-order valence-electron chi connectivity index (χ0n) is 71.9. The van der Waals surface area contributed by atoms with Gasteiger partial charge in [-0.1, -0.05) is 374 Å². The lowest BCUT2D eigenvalue weighted by molar-refractivity contribution is 0.669. The second-order valence-corrected chi connectivity index (χ2v) is 36.4. The van der Waals surface area contributed by atoms with Gasteiger partial charge in [-0.3, -0.25) is 0 Å². The molecule has 0 atom stereocenters. The summed E-state index contributed by atoms with van der Waals surface area (Å²) in [6.45, 7) is 0.294. The van der Waals surface area contributed by atoms with E-state index < -0.39 is 0 Å². The molecule has 0 spiro atoms. The van der Waals surface area contributed by atoms with Crippen molar-refractivity contribution in [1.82, 2.24) is 0 Å². The second kappa shape index (κ2) is 33.2. The number of para-hydroxylation sites is 10. The Balaban J connectivity index is 0.0000000945. The lowest BCUT2D eigenvalue weighted by Gasteiger charge is -2.39. The fourth-order valence-electron chi connectivity index (χ4n) is 21.1. The quantitative estimate of drug-likeness (QED) is 0.141. The van der Waals surface area contributed by atoms with Crippen LogP contribution in [-0.2, 0) is 0 Å². The van der Waals surface area contributed by atoms with E-state index in [1.165, 1.54) is 179 Å². The Labute approximate surface area is 775 Å². The number of thiophene rings is 2. The third-order valence-corrected chi connectivity index (χ3v) is 29.1. The Kier molecular flexibility index (Phi) is 19.7. The van der Waals surface area contributed by atoms with Crippen molar-refractivity contribution in [3.05, 3.63) is 485 Å².